The number of aromatic nitrogens is 2. The van der Waals surface area contributed by atoms with Crippen LogP contribution in [0.3, 0.4) is 0 Å². The molecular weight excluding hydrogens is 490 g/mol. The number of thiazole rings is 1. The quantitative estimate of drug-likeness (QED) is 0.284. The Labute approximate surface area is 227 Å². The molecule has 0 atom stereocenters. The maximum atomic E-state index is 13.0. The number of hydrogen-bond acceptors (Lipinski definition) is 7. The highest BCUT2D eigenvalue weighted by Crippen LogP contribution is 2.37. The number of aryl methyl sites for hydroxylation is 1. The van der Waals surface area contributed by atoms with E-state index in [1.54, 1.807) is 23.6 Å². The Bertz CT molecular complexity index is 1430. The van der Waals surface area contributed by atoms with Gasteiger partial charge in [0.2, 0.25) is 0 Å². The molecule has 38 heavy (non-hydrogen) atoms. The third-order valence-electron chi connectivity index (χ3n) is 7.32. The van der Waals surface area contributed by atoms with Crippen molar-refractivity contribution >= 4 is 33.7 Å². The van der Waals surface area contributed by atoms with Crippen molar-refractivity contribution in [1.82, 2.24) is 14.9 Å². The molecule has 0 unspecified atom stereocenters. The molecule has 6 nitrogen and oxygen atoms in total. The highest BCUT2D eigenvalue weighted by Gasteiger charge is 2.25. The van der Waals surface area contributed by atoms with Crippen LogP contribution in [0.15, 0.2) is 83.3 Å². The van der Waals surface area contributed by atoms with Gasteiger partial charge < -0.3 is 5.32 Å². The normalized spacial score (nSPS) is 16.2. The van der Waals surface area contributed by atoms with Gasteiger partial charge in [-0.3, -0.25) is 19.7 Å². The first-order chi connectivity index (χ1) is 18.7. The van der Waals surface area contributed by atoms with Gasteiger partial charge in [0.05, 0.1) is 0 Å². The summed E-state index contributed by atoms with van der Waals surface area (Å²) in [4.78, 5) is 29.9. The fourth-order valence-electron chi connectivity index (χ4n) is 5.24. The third-order valence-corrected chi connectivity index (χ3v) is 8.09. The minimum atomic E-state index is 0.109. The fraction of sp³-hybridized carbons (Fsp3) is 0.290. The predicted octanol–water partition coefficient (Wildman–Crippen LogP) is 6.57. The van der Waals surface area contributed by atoms with E-state index in [1.807, 2.05) is 23.6 Å². The summed E-state index contributed by atoms with van der Waals surface area (Å²) >= 11 is 1.59. The topological polar surface area (TPSA) is 70.5 Å². The Balaban J connectivity index is 1.12. The van der Waals surface area contributed by atoms with Crippen molar-refractivity contribution in [2.75, 3.05) is 18.4 Å². The van der Waals surface area contributed by atoms with Gasteiger partial charge in [-0.2, -0.15) is 0 Å². The molecule has 2 aromatic carbocycles. The van der Waals surface area contributed by atoms with Crippen LogP contribution in [0.25, 0.3) is 11.4 Å². The van der Waals surface area contributed by atoms with Crippen LogP contribution in [0.4, 0.5) is 10.8 Å². The zero-order valence-electron chi connectivity index (χ0n) is 21.3. The average Bonchev–Trinajstić information content (AvgIpc) is 3.42. The highest BCUT2D eigenvalue weighted by atomic mass is 32.1. The van der Waals surface area contributed by atoms with Crippen LogP contribution in [0, 0.1) is 0 Å². The summed E-state index contributed by atoms with van der Waals surface area (Å²) in [7, 11) is 0. The number of piperidine rings is 1. The number of benzene rings is 2. The largest absolute Gasteiger partial charge is 0.359 e. The maximum absolute atomic E-state index is 13.0. The van der Waals surface area contributed by atoms with Gasteiger partial charge >= 0.3 is 0 Å². The van der Waals surface area contributed by atoms with Crippen molar-refractivity contribution < 1.29 is 4.79 Å². The van der Waals surface area contributed by atoms with Crippen molar-refractivity contribution in [1.29, 1.82) is 0 Å². The number of pyridine rings is 1. The lowest BCUT2D eigenvalue weighted by Gasteiger charge is -2.32. The van der Waals surface area contributed by atoms with E-state index in [-0.39, 0.29) is 5.78 Å². The molecule has 0 aliphatic carbocycles. The Morgan fingerprint density at radius 3 is 2.42 bits per heavy atom. The van der Waals surface area contributed by atoms with Gasteiger partial charge in [0.15, 0.2) is 10.9 Å². The molecule has 7 heteroatoms. The van der Waals surface area contributed by atoms with E-state index in [0.717, 1.165) is 61.9 Å². The lowest BCUT2D eigenvalue weighted by Crippen LogP contribution is -2.38. The summed E-state index contributed by atoms with van der Waals surface area (Å²) in [6.07, 6.45) is 5.87. The second kappa shape index (κ2) is 11.4. The van der Waals surface area contributed by atoms with E-state index < -0.39 is 0 Å². The van der Waals surface area contributed by atoms with E-state index in [1.165, 1.54) is 11.1 Å². The Hall–Kier alpha value is -3.68. The van der Waals surface area contributed by atoms with E-state index in [0.29, 0.717) is 29.4 Å². The van der Waals surface area contributed by atoms with Crippen LogP contribution in [0.1, 0.15) is 47.2 Å². The van der Waals surface area contributed by atoms with Crippen LogP contribution in [0.5, 0.6) is 0 Å². The molecule has 0 saturated carbocycles. The van der Waals surface area contributed by atoms with Gasteiger partial charge in [-0.05, 0) is 42.9 Å². The Kier molecular flexibility index (Phi) is 7.38. The molecule has 4 heterocycles. The fourth-order valence-corrected chi connectivity index (χ4v) is 6.01. The number of carbonyl (C=O) groups is 1. The number of ketones is 1. The van der Waals surface area contributed by atoms with Crippen molar-refractivity contribution in [3.05, 3.63) is 95.0 Å². The molecular formula is C31H31N5OS. The number of fused-ring (bicyclic) bond motifs is 1. The first-order valence-corrected chi connectivity index (χ1v) is 14.2. The number of rotatable bonds is 8. The maximum Gasteiger partial charge on any atom is 0.183 e. The molecule has 0 amide bonds. The van der Waals surface area contributed by atoms with Crippen LogP contribution >= 0.6 is 11.3 Å². The lowest BCUT2D eigenvalue weighted by atomic mass is 9.96. The first-order valence-electron chi connectivity index (χ1n) is 13.3. The van der Waals surface area contributed by atoms with Crippen LogP contribution in [0.2, 0.25) is 0 Å². The van der Waals surface area contributed by atoms with Crippen LogP contribution < -0.4 is 5.32 Å². The number of carbonyl (C=O) groups excluding carboxylic acids is 1. The SMILES string of the molecule is O=C1CC(CCc2ccccc2)=Nc2c1ccnc2-c1csc(NC2CCN(Cc3ccccc3)CC2)n1. The van der Waals surface area contributed by atoms with Gasteiger partial charge in [0.1, 0.15) is 17.1 Å². The zero-order valence-corrected chi connectivity index (χ0v) is 22.2. The standard InChI is InChI=1S/C31H31N5OS/c37-28-19-25(12-11-22-7-3-1-4-8-22)33-29-26(28)13-16-32-30(29)27-21-38-31(35-27)34-24-14-17-36(18-15-24)20-23-9-5-2-6-10-23/h1-10,13,16,21,24H,11-12,14-15,17-20H2,(H,34,35). The number of nitrogens with one attached hydrogen (secondary N) is 1. The zero-order chi connectivity index (χ0) is 25.7. The number of hydrogen-bond donors (Lipinski definition) is 1. The van der Waals surface area contributed by atoms with Crippen LogP contribution in [-0.2, 0) is 13.0 Å². The monoisotopic (exact) mass is 521 g/mol. The summed E-state index contributed by atoms with van der Waals surface area (Å²) < 4.78 is 0. The van der Waals surface area contributed by atoms with Crippen LogP contribution in [-0.4, -0.2) is 45.5 Å². The van der Waals surface area contributed by atoms with Gasteiger partial charge in [-0.15, -0.1) is 11.3 Å². The molecule has 1 N–H and O–H groups in total. The van der Waals surface area contributed by atoms with Crippen molar-refractivity contribution in [3.8, 4) is 11.4 Å². The molecule has 192 valence electrons. The molecule has 2 aliphatic rings. The van der Waals surface area contributed by atoms with E-state index >= 15 is 0 Å². The molecule has 6 rings (SSSR count). The van der Waals surface area contributed by atoms with E-state index in [9.17, 15) is 4.79 Å². The van der Waals surface area contributed by atoms with E-state index in [4.69, 9.17) is 9.98 Å². The van der Waals surface area contributed by atoms with Gasteiger partial charge in [-0.1, -0.05) is 60.7 Å². The molecule has 0 radical (unpaired) electrons. The minimum Gasteiger partial charge on any atom is -0.359 e. The minimum absolute atomic E-state index is 0.109. The van der Waals surface area contributed by atoms with Gasteiger partial charge in [-0.25, -0.2) is 4.98 Å². The summed E-state index contributed by atoms with van der Waals surface area (Å²) in [5.74, 6) is 0.109. The first kappa shape index (κ1) is 24.6. The van der Waals surface area contributed by atoms with Gasteiger partial charge in [0, 0.05) is 54.9 Å². The predicted molar refractivity (Wildman–Crippen MR) is 155 cm³/mol. The lowest BCUT2D eigenvalue weighted by molar-refractivity contribution is 0.0999. The molecule has 1 saturated heterocycles. The van der Waals surface area contributed by atoms with Crippen molar-refractivity contribution in [2.24, 2.45) is 4.99 Å². The third kappa shape index (κ3) is 5.74. The van der Waals surface area contributed by atoms with Crippen molar-refractivity contribution in [2.45, 2.75) is 44.7 Å². The van der Waals surface area contributed by atoms with Gasteiger partial charge in [0.25, 0.3) is 0 Å². The second-order valence-corrected chi connectivity index (χ2v) is 10.9. The number of Topliss-reactive ketones (excluding diaryl/α,β-unsaturated/α-hetero) is 1. The van der Waals surface area contributed by atoms with E-state index in [2.05, 4.69) is 57.7 Å². The van der Waals surface area contributed by atoms with Crippen molar-refractivity contribution in [3.63, 3.8) is 0 Å². The molecule has 0 bridgehead atoms. The second-order valence-electron chi connectivity index (χ2n) is 10.0. The summed E-state index contributed by atoms with van der Waals surface area (Å²) in [6, 6.07) is 23.2. The molecule has 0 spiro atoms. The Morgan fingerprint density at radius 1 is 0.921 bits per heavy atom. The molecule has 2 aromatic heterocycles. The summed E-state index contributed by atoms with van der Waals surface area (Å²) in [5.41, 5.74) is 6.31. The number of anilines is 1. The molecule has 1 fully saturated rings. The molecule has 4 aromatic rings. The number of aliphatic imine (C=N–C) groups is 1. The smallest absolute Gasteiger partial charge is 0.183 e. The summed E-state index contributed by atoms with van der Waals surface area (Å²) in [5, 5.41) is 6.56. The summed E-state index contributed by atoms with van der Waals surface area (Å²) in [6.45, 7) is 3.15. The number of nitrogens with zero attached hydrogens (tertiary/aromatic N) is 4. The highest BCUT2D eigenvalue weighted by molar-refractivity contribution is 7.14. The average molecular weight is 522 g/mol. The number of likely N-dealkylation sites (tertiary alicyclic amines) is 1. The molecule has 2 aliphatic heterocycles. The Morgan fingerprint density at radius 2 is 1.66 bits per heavy atom.